The van der Waals surface area contributed by atoms with Gasteiger partial charge in [0.15, 0.2) is 5.78 Å². The molecule has 0 aromatic heterocycles. The van der Waals surface area contributed by atoms with Crippen molar-refractivity contribution < 1.29 is 19.1 Å². The second-order valence-corrected chi connectivity index (χ2v) is 3.71. The first-order chi connectivity index (χ1) is 8.15. The van der Waals surface area contributed by atoms with E-state index in [0.29, 0.717) is 11.1 Å². The summed E-state index contributed by atoms with van der Waals surface area (Å²) < 4.78 is 4.66. The van der Waals surface area contributed by atoms with Gasteiger partial charge >= 0.3 is 0 Å². The lowest BCUT2D eigenvalue weighted by Gasteiger charge is -2.11. The third-order valence-corrected chi connectivity index (χ3v) is 2.52. The molecule has 0 unspecified atom stereocenters. The normalized spacial score (nSPS) is 14.1. The number of carbonyl (C=O) groups excluding carboxylic acids is 3. The lowest BCUT2D eigenvalue weighted by Crippen LogP contribution is -2.36. The van der Waals surface area contributed by atoms with E-state index in [2.05, 4.69) is 4.74 Å². The van der Waals surface area contributed by atoms with Crippen LogP contribution in [0.4, 0.5) is 0 Å². The van der Waals surface area contributed by atoms with Gasteiger partial charge < -0.3 is 4.74 Å². The Balaban J connectivity index is 2.22. The Hall–Kier alpha value is -2.01. The smallest absolute Gasteiger partial charge is 0.261 e. The molecular weight excluding hydrogens is 222 g/mol. The van der Waals surface area contributed by atoms with Gasteiger partial charge in [0.2, 0.25) is 0 Å². The van der Waals surface area contributed by atoms with Crippen LogP contribution in [0.15, 0.2) is 24.3 Å². The number of rotatable bonds is 4. The molecule has 0 aliphatic carbocycles. The number of amides is 2. The van der Waals surface area contributed by atoms with E-state index in [1.54, 1.807) is 24.3 Å². The Morgan fingerprint density at radius 3 is 2.18 bits per heavy atom. The fourth-order valence-electron chi connectivity index (χ4n) is 1.77. The number of hydrogen-bond donors (Lipinski definition) is 0. The molecule has 1 heterocycles. The number of ketones is 1. The number of ether oxygens (including phenoxy) is 1. The predicted octanol–water partition coefficient (Wildman–Crippen LogP) is 0.498. The molecule has 0 spiro atoms. The Morgan fingerprint density at radius 1 is 1.18 bits per heavy atom. The average molecular weight is 233 g/mol. The van der Waals surface area contributed by atoms with E-state index in [-0.39, 0.29) is 18.9 Å². The number of imide groups is 1. The number of methoxy groups -OCH3 is 1. The third-order valence-electron chi connectivity index (χ3n) is 2.52. The molecule has 0 radical (unpaired) electrons. The molecule has 0 bridgehead atoms. The summed E-state index contributed by atoms with van der Waals surface area (Å²) in [6, 6.07) is 6.53. The predicted molar refractivity (Wildman–Crippen MR) is 58.7 cm³/mol. The van der Waals surface area contributed by atoms with Gasteiger partial charge in [0.25, 0.3) is 11.8 Å². The fraction of sp³-hybridized carbons (Fsp3) is 0.250. The van der Waals surface area contributed by atoms with Gasteiger partial charge in [-0.3, -0.25) is 19.3 Å². The summed E-state index contributed by atoms with van der Waals surface area (Å²) in [5, 5.41) is 0. The van der Waals surface area contributed by atoms with Crippen molar-refractivity contribution >= 4 is 17.6 Å². The van der Waals surface area contributed by atoms with E-state index in [1.165, 1.54) is 7.11 Å². The number of benzene rings is 1. The zero-order chi connectivity index (χ0) is 12.4. The van der Waals surface area contributed by atoms with Crippen molar-refractivity contribution in [2.75, 3.05) is 20.3 Å². The molecule has 5 nitrogen and oxygen atoms in total. The number of Topliss-reactive ketones (excluding diaryl/α,β-unsaturated/α-hetero) is 1. The summed E-state index contributed by atoms with van der Waals surface area (Å²) in [7, 11) is 1.39. The molecule has 0 saturated heterocycles. The van der Waals surface area contributed by atoms with Crippen molar-refractivity contribution in [1.82, 2.24) is 4.90 Å². The molecule has 2 amide bonds. The minimum absolute atomic E-state index is 0.104. The van der Waals surface area contributed by atoms with E-state index in [9.17, 15) is 14.4 Å². The maximum absolute atomic E-state index is 11.9. The largest absolute Gasteiger partial charge is 0.377 e. The minimum atomic E-state index is -0.421. The van der Waals surface area contributed by atoms with Crippen LogP contribution in [0.1, 0.15) is 20.7 Å². The van der Waals surface area contributed by atoms with Crippen LogP contribution in [0, 0.1) is 0 Å². The lowest BCUT2D eigenvalue weighted by atomic mass is 10.1. The average Bonchev–Trinajstić information content (AvgIpc) is 2.56. The molecule has 0 N–H and O–H groups in total. The van der Waals surface area contributed by atoms with Crippen molar-refractivity contribution in [3.05, 3.63) is 35.4 Å². The molecule has 0 fully saturated rings. The second-order valence-electron chi connectivity index (χ2n) is 3.71. The highest BCUT2D eigenvalue weighted by Gasteiger charge is 2.35. The zero-order valence-corrected chi connectivity index (χ0v) is 9.30. The Kier molecular flexibility index (Phi) is 3.01. The lowest BCUT2D eigenvalue weighted by molar-refractivity contribution is -0.122. The summed E-state index contributed by atoms with van der Waals surface area (Å²) in [5.74, 6) is -1.15. The van der Waals surface area contributed by atoms with Crippen LogP contribution in [-0.4, -0.2) is 42.8 Å². The van der Waals surface area contributed by atoms with Gasteiger partial charge in [-0.05, 0) is 12.1 Å². The minimum Gasteiger partial charge on any atom is -0.377 e. The third kappa shape index (κ3) is 1.97. The molecule has 1 aliphatic heterocycles. The fourth-order valence-corrected chi connectivity index (χ4v) is 1.77. The van der Waals surface area contributed by atoms with E-state index in [1.807, 2.05) is 0 Å². The topological polar surface area (TPSA) is 63.7 Å². The first kappa shape index (κ1) is 11.5. The second kappa shape index (κ2) is 4.47. The SMILES string of the molecule is COCC(=O)CN1C(=O)c2ccccc2C1=O. The van der Waals surface area contributed by atoms with Crippen molar-refractivity contribution in [2.24, 2.45) is 0 Å². The number of nitrogens with zero attached hydrogens (tertiary/aromatic N) is 1. The first-order valence-corrected chi connectivity index (χ1v) is 5.11. The van der Waals surface area contributed by atoms with Crippen LogP contribution < -0.4 is 0 Å². The molecular formula is C12H11NO4. The van der Waals surface area contributed by atoms with Crippen molar-refractivity contribution in [1.29, 1.82) is 0 Å². The highest BCUT2D eigenvalue weighted by Crippen LogP contribution is 2.21. The number of hydrogen-bond acceptors (Lipinski definition) is 4. The molecule has 2 rings (SSSR count). The highest BCUT2D eigenvalue weighted by atomic mass is 16.5. The van der Waals surface area contributed by atoms with Crippen LogP contribution in [0.3, 0.4) is 0 Å². The molecule has 0 saturated carbocycles. The van der Waals surface area contributed by atoms with Gasteiger partial charge in [0.1, 0.15) is 6.61 Å². The van der Waals surface area contributed by atoms with Crippen LogP contribution >= 0.6 is 0 Å². The quantitative estimate of drug-likeness (QED) is 0.710. The molecule has 88 valence electrons. The molecule has 1 aromatic carbocycles. The van der Waals surface area contributed by atoms with Crippen molar-refractivity contribution in [3.8, 4) is 0 Å². The van der Waals surface area contributed by atoms with Gasteiger partial charge in [-0.2, -0.15) is 0 Å². The van der Waals surface area contributed by atoms with Gasteiger partial charge in [-0.15, -0.1) is 0 Å². The van der Waals surface area contributed by atoms with Gasteiger partial charge in [-0.1, -0.05) is 12.1 Å². The van der Waals surface area contributed by atoms with Gasteiger partial charge in [0, 0.05) is 7.11 Å². The zero-order valence-electron chi connectivity index (χ0n) is 9.30. The van der Waals surface area contributed by atoms with Crippen LogP contribution in [-0.2, 0) is 9.53 Å². The van der Waals surface area contributed by atoms with Crippen molar-refractivity contribution in [2.45, 2.75) is 0 Å². The molecule has 1 aromatic rings. The highest BCUT2D eigenvalue weighted by molar-refractivity contribution is 6.22. The van der Waals surface area contributed by atoms with Gasteiger partial charge in [-0.25, -0.2) is 0 Å². The first-order valence-electron chi connectivity index (χ1n) is 5.11. The van der Waals surface area contributed by atoms with E-state index < -0.39 is 11.8 Å². The summed E-state index contributed by atoms with van der Waals surface area (Å²) in [5.41, 5.74) is 0.699. The Morgan fingerprint density at radius 2 is 1.71 bits per heavy atom. The number of fused-ring (bicyclic) bond motifs is 1. The van der Waals surface area contributed by atoms with Crippen LogP contribution in [0.5, 0.6) is 0 Å². The maximum atomic E-state index is 11.9. The molecule has 0 atom stereocenters. The summed E-state index contributed by atoms with van der Waals surface area (Å²) in [6.45, 7) is -0.340. The monoisotopic (exact) mass is 233 g/mol. The molecule has 5 heteroatoms. The summed E-state index contributed by atoms with van der Waals surface area (Å²) in [6.07, 6.45) is 0. The van der Waals surface area contributed by atoms with Crippen molar-refractivity contribution in [3.63, 3.8) is 0 Å². The van der Waals surface area contributed by atoms with E-state index in [0.717, 1.165) is 4.90 Å². The van der Waals surface area contributed by atoms with Crippen LogP contribution in [0.25, 0.3) is 0 Å². The maximum Gasteiger partial charge on any atom is 0.261 e. The Bertz CT molecular complexity index is 460. The van der Waals surface area contributed by atoms with Gasteiger partial charge in [0.05, 0.1) is 17.7 Å². The Labute approximate surface area is 98.0 Å². The number of carbonyl (C=O) groups is 3. The summed E-state index contributed by atoms with van der Waals surface area (Å²) >= 11 is 0. The van der Waals surface area contributed by atoms with E-state index in [4.69, 9.17) is 0 Å². The summed E-state index contributed by atoms with van der Waals surface area (Å²) in [4.78, 5) is 36.0. The van der Waals surface area contributed by atoms with E-state index >= 15 is 0 Å². The molecule has 1 aliphatic rings. The standard InChI is InChI=1S/C12H11NO4/c1-17-7-8(14)6-13-11(15)9-4-2-3-5-10(9)12(13)16/h2-5H,6-7H2,1H3. The van der Waals surface area contributed by atoms with Crippen LogP contribution in [0.2, 0.25) is 0 Å². The molecule has 17 heavy (non-hydrogen) atoms.